The van der Waals surface area contributed by atoms with Gasteiger partial charge in [-0.1, -0.05) is 21.3 Å². The van der Waals surface area contributed by atoms with Crippen LogP contribution in [-0.2, 0) is 14.3 Å². The van der Waals surface area contributed by atoms with Crippen molar-refractivity contribution in [2.24, 2.45) is 5.41 Å². The van der Waals surface area contributed by atoms with Crippen LogP contribution in [0.15, 0.2) is 0 Å². The van der Waals surface area contributed by atoms with Crippen LogP contribution in [0.4, 0.5) is 4.79 Å². The highest BCUT2D eigenvalue weighted by molar-refractivity contribution is 5.89. The Morgan fingerprint density at radius 2 is 1.86 bits per heavy atom. The maximum atomic E-state index is 11.6. The van der Waals surface area contributed by atoms with E-state index in [-0.39, 0.29) is 13.2 Å². The standard InChI is InChI=1S/C14H23NO5.CH4/c1-9(16)7-6-8-12(2,3)14(5)13(4,10(17)18)15-11(19)20-14;/h6-8H2,1-5H3,(H,15,19)(H,17,18);1H4/t13-,14-;/m1./s1. The summed E-state index contributed by atoms with van der Waals surface area (Å²) in [7, 11) is 0. The molecule has 0 aromatic carbocycles. The maximum Gasteiger partial charge on any atom is 0.408 e. The number of alkyl carbamates (subject to hydrolysis) is 1. The lowest BCUT2D eigenvalue weighted by Crippen LogP contribution is -2.64. The predicted octanol–water partition coefficient (Wildman–Crippen LogP) is 2.75. The number of Topliss-reactive ketones (excluding diaryl/α,β-unsaturated/α-hetero) is 1. The van der Waals surface area contributed by atoms with E-state index in [0.29, 0.717) is 19.3 Å². The van der Waals surface area contributed by atoms with Gasteiger partial charge in [0.2, 0.25) is 0 Å². The van der Waals surface area contributed by atoms with Crippen LogP contribution in [-0.4, -0.2) is 34.1 Å². The predicted molar refractivity (Wildman–Crippen MR) is 79.1 cm³/mol. The minimum Gasteiger partial charge on any atom is -0.479 e. The van der Waals surface area contributed by atoms with Crippen molar-refractivity contribution in [1.82, 2.24) is 5.32 Å². The normalized spacial score (nSPS) is 28.3. The number of carboxylic acids is 1. The number of ketones is 1. The summed E-state index contributed by atoms with van der Waals surface area (Å²) in [5.74, 6) is -1.04. The number of aliphatic carboxylic acids is 1. The summed E-state index contributed by atoms with van der Waals surface area (Å²) in [4.78, 5) is 34.1. The number of carboxylic acid groups (broad SMARTS) is 1. The number of rotatable bonds is 6. The molecule has 6 heteroatoms. The van der Waals surface area contributed by atoms with Gasteiger partial charge in [-0.2, -0.15) is 0 Å². The molecule has 0 aromatic rings. The zero-order valence-corrected chi connectivity index (χ0v) is 12.7. The van der Waals surface area contributed by atoms with E-state index in [1.54, 1.807) is 6.92 Å². The third-order valence-corrected chi connectivity index (χ3v) is 4.65. The minimum atomic E-state index is -1.50. The Hall–Kier alpha value is -1.59. The highest BCUT2D eigenvalue weighted by Gasteiger charge is 2.65. The molecule has 1 heterocycles. The number of nitrogens with one attached hydrogen (secondary N) is 1. The first-order valence-corrected chi connectivity index (χ1v) is 6.70. The lowest BCUT2D eigenvalue weighted by Gasteiger charge is -2.46. The van der Waals surface area contributed by atoms with Crippen molar-refractivity contribution in [1.29, 1.82) is 0 Å². The van der Waals surface area contributed by atoms with Crippen LogP contribution in [0.5, 0.6) is 0 Å². The molecule has 0 radical (unpaired) electrons. The summed E-state index contributed by atoms with van der Waals surface area (Å²) >= 11 is 0. The van der Waals surface area contributed by atoms with Gasteiger partial charge in [-0.05, 0) is 33.6 Å². The van der Waals surface area contributed by atoms with Gasteiger partial charge < -0.3 is 20.0 Å². The Kier molecular flexibility index (Phi) is 5.58. The lowest BCUT2D eigenvalue weighted by atomic mass is 9.63. The van der Waals surface area contributed by atoms with Gasteiger partial charge in [-0.25, -0.2) is 9.59 Å². The van der Waals surface area contributed by atoms with Crippen molar-refractivity contribution in [3.05, 3.63) is 0 Å². The van der Waals surface area contributed by atoms with Gasteiger partial charge in [0.05, 0.1) is 0 Å². The lowest BCUT2D eigenvalue weighted by molar-refractivity contribution is -0.158. The highest BCUT2D eigenvalue weighted by atomic mass is 16.6. The first-order chi connectivity index (χ1) is 8.96. The van der Waals surface area contributed by atoms with Crippen LogP contribution in [0.25, 0.3) is 0 Å². The Morgan fingerprint density at radius 3 is 2.29 bits per heavy atom. The molecular formula is C15H27NO5. The molecule has 1 fully saturated rings. The molecule has 1 rings (SSSR count). The van der Waals surface area contributed by atoms with Gasteiger partial charge in [-0.15, -0.1) is 0 Å². The van der Waals surface area contributed by atoms with E-state index in [1.165, 1.54) is 13.8 Å². The van der Waals surface area contributed by atoms with E-state index in [9.17, 15) is 19.5 Å². The quantitative estimate of drug-likeness (QED) is 0.787. The largest absolute Gasteiger partial charge is 0.479 e. The molecule has 2 atom stereocenters. The zero-order valence-electron chi connectivity index (χ0n) is 12.7. The molecule has 6 nitrogen and oxygen atoms in total. The molecule has 0 aliphatic carbocycles. The number of carbonyl (C=O) groups excluding carboxylic acids is 2. The molecule has 0 bridgehead atoms. The second-order valence-corrected chi connectivity index (χ2v) is 6.42. The van der Waals surface area contributed by atoms with E-state index in [2.05, 4.69) is 5.32 Å². The molecule has 21 heavy (non-hydrogen) atoms. The summed E-state index contributed by atoms with van der Waals surface area (Å²) in [6.45, 7) is 8.32. The average molecular weight is 301 g/mol. The third kappa shape index (κ3) is 3.19. The van der Waals surface area contributed by atoms with Gasteiger partial charge in [0.25, 0.3) is 0 Å². The van der Waals surface area contributed by atoms with Gasteiger partial charge >= 0.3 is 12.1 Å². The summed E-state index contributed by atoms with van der Waals surface area (Å²) in [5, 5.41) is 11.9. The average Bonchev–Trinajstić information content (AvgIpc) is 2.50. The molecule has 1 aliphatic rings. The molecule has 2 N–H and O–H groups in total. The fourth-order valence-electron chi connectivity index (χ4n) is 2.73. The number of hydrogen-bond acceptors (Lipinski definition) is 4. The number of amides is 1. The first kappa shape index (κ1) is 19.4. The van der Waals surface area contributed by atoms with Crippen molar-refractivity contribution in [3.63, 3.8) is 0 Å². The Labute approximate surface area is 126 Å². The van der Waals surface area contributed by atoms with E-state index in [4.69, 9.17) is 4.74 Å². The van der Waals surface area contributed by atoms with E-state index >= 15 is 0 Å². The highest BCUT2D eigenvalue weighted by Crippen LogP contribution is 2.48. The monoisotopic (exact) mass is 301 g/mol. The van der Waals surface area contributed by atoms with Crippen molar-refractivity contribution in [2.75, 3.05) is 0 Å². The molecule has 1 aliphatic heterocycles. The van der Waals surface area contributed by atoms with Crippen molar-refractivity contribution in [3.8, 4) is 0 Å². The van der Waals surface area contributed by atoms with Crippen molar-refractivity contribution < 1.29 is 24.2 Å². The van der Waals surface area contributed by atoms with Crippen molar-refractivity contribution in [2.45, 2.75) is 72.4 Å². The number of carbonyl (C=O) groups is 3. The summed E-state index contributed by atoms with van der Waals surface area (Å²) in [5.41, 5.74) is -3.28. The van der Waals surface area contributed by atoms with Gasteiger partial charge in [0.1, 0.15) is 11.4 Å². The SMILES string of the molecule is C.CC(=O)CCCC(C)(C)[C@@]1(C)OC(=O)N[C@]1(C)C(=O)O. The summed E-state index contributed by atoms with van der Waals surface area (Å²) in [6, 6.07) is 0. The van der Waals surface area contributed by atoms with Crippen LogP contribution in [0, 0.1) is 5.41 Å². The topological polar surface area (TPSA) is 92.7 Å². The summed E-state index contributed by atoms with van der Waals surface area (Å²) in [6.07, 6.45) is 0.925. The second-order valence-electron chi connectivity index (χ2n) is 6.42. The first-order valence-electron chi connectivity index (χ1n) is 6.70. The third-order valence-electron chi connectivity index (χ3n) is 4.65. The molecule has 0 spiro atoms. The molecule has 0 aromatic heterocycles. The minimum absolute atomic E-state index is 0. The molecule has 122 valence electrons. The van der Waals surface area contributed by atoms with Crippen LogP contribution < -0.4 is 5.32 Å². The van der Waals surface area contributed by atoms with Gasteiger partial charge in [0, 0.05) is 11.8 Å². The van der Waals surface area contributed by atoms with Gasteiger partial charge in [0.15, 0.2) is 5.54 Å². The molecule has 0 unspecified atom stereocenters. The van der Waals surface area contributed by atoms with E-state index in [0.717, 1.165) is 0 Å². The van der Waals surface area contributed by atoms with Crippen LogP contribution >= 0.6 is 0 Å². The van der Waals surface area contributed by atoms with Gasteiger partial charge in [-0.3, -0.25) is 0 Å². The molecular weight excluding hydrogens is 274 g/mol. The van der Waals surface area contributed by atoms with E-state index < -0.39 is 28.6 Å². The Morgan fingerprint density at radius 1 is 1.33 bits per heavy atom. The number of ether oxygens (including phenoxy) is 1. The fourth-order valence-corrected chi connectivity index (χ4v) is 2.73. The van der Waals surface area contributed by atoms with Crippen LogP contribution in [0.3, 0.4) is 0 Å². The maximum absolute atomic E-state index is 11.6. The molecule has 1 amide bonds. The zero-order chi connectivity index (χ0) is 15.8. The molecule has 1 saturated heterocycles. The van der Waals surface area contributed by atoms with E-state index in [1.807, 2.05) is 13.8 Å². The molecule has 0 saturated carbocycles. The fraction of sp³-hybridized carbons (Fsp3) is 0.800. The summed E-state index contributed by atoms with van der Waals surface area (Å²) < 4.78 is 5.33. The van der Waals surface area contributed by atoms with Crippen LogP contribution in [0.2, 0.25) is 0 Å². The Bertz CT molecular complexity index is 445. The Balaban J connectivity index is 0.00000400. The second kappa shape index (κ2) is 6.03. The van der Waals surface area contributed by atoms with Crippen LogP contribution in [0.1, 0.15) is 61.3 Å². The van der Waals surface area contributed by atoms with Crippen molar-refractivity contribution >= 4 is 17.8 Å². The number of cyclic esters (lactones) is 1. The number of hydrogen-bond donors (Lipinski definition) is 2. The smallest absolute Gasteiger partial charge is 0.408 e.